The average molecular weight is 355 g/mol. The second-order valence-corrected chi connectivity index (χ2v) is 5.26. The predicted molar refractivity (Wildman–Crippen MR) is 91.2 cm³/mol. The highest BCUT2D eigenvalue weighted by Gasteiger charge is 2.35. The van der Waals surface area contributed by atoms with Crippen molar-refractivity contribution in [1.29, 1.82) is 5.26 Å². The zero-order valence-corrected chi connectivity index (χ0v) is 13.2. The second-order valence-electron chi connectivity index (χ2n) is 5.26. The van der Waals surface area contributed by atoms with E-state index >= 15 is 0 Å². The summed E-state index contributed by atoms with van der Waals surface area (Å²) in [6.07, 6.45) is -3.91. The molecule has 0 saturated carbocycles. The lowest BCUT2D eigenvalue weighted by Crippen LogP contribution is -2.12. The van der Waals surface area contributed by atoms with Crippen LogP contribution in [0.3, 0.4) is 0 Å². The van der Waals surface area contributed by atoms with Crippen LogP contribution in [0.25, 0.3) is 0 Å². The van der Waals surface area contributed by atoms with E-state index in [0.29, 0.717) is 16.9 Å². The molecule has 0 atom stereocenters. The highest BCUT2D eigenvalue weighted by Crippen LogP contribution is 2.35. The molecule has 130 valence electrons. The number of rotatable bonds is 4. The van der Waals surface area contributed by atoms with Crippen molar-refractivity contribution in [2.45, 2.75) is 6.18 Å². The lowest BCUT2D eigenvalue weighted by atomic mass is 10.2. The van der Waals surface area contributed by atoms with Crippen LogP contribution in [0.4, 0.5) is 36.3 Å². The lowest BCUT2D eigenvalue weighted by Gasteiger charge is -2.15. The van der Waals surface area contributed by atoms with E-state index in [1.54, 1.807) is 42.5 Å². The van der Waals surface area contributed by atoms with E-state index in [4.69, 9.17) is 5.26 Å². The molecule has 0 aliphatic rings. The van der Waals surface area contributed by atoms with E-state index in [9.17, 15) is 13.2 Å². The molecule has 0 radical (unpaired) electrons. The zero-order chi connectivity index (χ0) is 18.6. The van der Waals surface area contributed by atoms with Crippen LogP contribution in [-0.4, -0.2) is 9.97 Å². The first-order valence-corrected chi connectivity index (χ1v) is 7.49. The number of para-hydroxylation sites is 1. The topological polar surface area (TPSA) is 73.6 Å². The molecule has 1 heterocycles. The molecule has 2 aromatic carbocycles. The summed E-state index contributed by atoms with van der Waals surface area (Å²) < 4.78 is 39.8. The summed E-state index contributed by atoms with van der Waals surface area (Å²) in [7, 11) is 0. The fraction of sp³-hybridized carbons (Fsp3) is 0.0556. The summed E-state index contributed by atoms with van der Waals surface area (Å²) in [6, 6.07) is 16.9. The van der Waals surface area contributed by atoms with Crippen LogP contribution in [0.5, 0.6) is 0 Å². The van der Waals surface area contributed by atoms with Gasteiger partial charge in [-0.2, -0.15) is 23.4 Å². The van der Waals surface area contributed by atoms with Crippen molar-refractivity contribution < 1.29 is 13.2 Å². The number of benzene rings is 2. The molecule has 3 rings (SSSR count). The van der Waals surface area contributed by atoms with Gasteiger partial charge in [-0.1, -0.05) is 24.3 Å². The first-order valence-electron chi connectivity index (χ1n) is 7.49. The molecule has 0 fully saturated rings. The summed E-state index contributed by atoms with van der Waals surface area (Å²) in [5, 5.41) is 14.4. The smallest absolute Gasteiger partial charge is 0.340 e. The minimum Gasteiger partial charge on any atom is -0.340 e. The zero-order valence-electron chi connectivity index (χ0n) is 13.2. The molecule has 0 aliphatic carbocycles. The van der Waals surface area contributed by atoms with Gasteiger partial charge >= 0.3 is 6.18 Å². The van der Waals surface area contributed by atoms with Crippen molar-refractivity contribution in [3.63, 3.8) is 0 Å². The van der Waals surface area contributed by atoms with Crippen molar-refractivity contribution >= 4 is 23.1 Å². The van der Waals surface area contributed by atoms with Crippen LogP contribution < -0.4 is 10.6 Å². The molecule has 0 unspecified atom stereocenters. The number of nitrogens with zero attached hydrogens (tertiary/aromatic N) is 3. The summed E-state index contributed by atoms with van der Waals surface area (Å²) in [4.78, 5) is 7.69. The van der Waals surface area contributed by atoms with Crippen LogP contribution in [0, 0.1) is 11.3 Å². The van der Waals surface area contributed by atoms with E-state index in [-0.39, 0.29) is 5.95 Å². The van der Waals surface area contributed by atoms with E-state index in [0.717, 1.165) is 6.20 Å². The quantitative estimate of drug-likeness (QED) is 0.699. The van der Waals surface area contributed by atoms with E-state index < -0.39 is 17.6 Å². The maximum atomic E-state index is 13.3. The molecule has 8 heteroatoms. The Kier molecular flexibility index (Phi) is 4.71. The van der Waals surface area contributed by atoms with Gasteiger partial charge in [0, 0.05) is 17.6 Å². The maximum absolute atomic E-state index is 13.3. The number of nitrogens with one attached hydrogen (secondary N) is 2. The number of aromatic nitrogens is 2. The molecule has 5 nitrogen and oxygen atoms in total. The fourth-order valence-corrected chi connectivity index (χ4v) is 2.20. The van der Waals surface area contributed by atoms with E-state index in [1.807, 2.05) is 12.1 Å². The highest BCUT2D eigenvalue weighted by atomic mass is 19.4. The molecule has 0 saturated heterocycles. The maximum Gasteiger partial charge on any atom is 0.421 e. The summed E-state index contributed by atoms with van der Waals surface area (Å²) in [5.74, 6) is -0.385. The Morgan fingerprint density at radius 1 is 0.923 bits per heavy atom. The monoisotopic (exact) mass is 355 g/mol. The van der Waals surface area contributed by atoms with Gasteiger partial charge in [0.25, 0.3) is 0 Å². The van der Waals surface area contributed by atoms with Crippen molar-refractivity contribution in [3.05, 3.63) is 71.9 Å². The Balaban J connectivity index is 1.96. The Morgan fingerprint density at radius 2 is 1.65 bits per heavy atom. The minimum atomic E-state index is -4.62. The number of hydrogen-bond acceptors (Lipinski definition) is 5. The first-order chi connectivity index (χ1) is 12.5. The van der Waals surface area contributed by atoms with Crippen LogP contribution in [0.15, 0.2) is 60.8 Å². The molecular formula is C18H12F3N5. The van der Waals surface area contributed by atoms with E-state index in [1.165, 1.54) is 6.07 Å². The first kappa shape index (κ1) is 17.2. The van der Waals surface area contributed by atoms with E-state index in [2.05, 4.69) is 20.6 Å². The number of nitriles is 1. The molecule has 0 aliphatic heterocycles. The molecule has 0 spiro atoms. The Morgan fingerprint density at radius 3 is 2.35 bits per heavy atom. The predicted octanol–water partition coefficient (Wildman–Crippen LogP) is 4.85. The normalized spacial score (nSPS) is 10.8. The lowest BCUT2D eigenvalue weighted by molar-refractivity contribution is -0.137. The molecule has 0 amide bonds. The van der Waals surface area contributed by atoms with Gasteiger partial charge in [0.15, 0.2) is 0 Å². The van der Waals surface area contributed by atoms with Crippen LogP contribution >= 0.6 is 0 Å². The summed E-state index contributed by atoms with van der Waals surface area (Å²) >= 11 is 0. The second kappa shape index (κ2) is 7.11. The minimum absolute atomic E-state index is 0.0168. The van der Waals surface area contributed by atoms with Gasteiger partial charge in [-0.05, 0) is 30.3 Å². The van der Waals surface area contributed by atoms with Crippen molar-refractivity contribution in [1.82, 2.24) is 9.97 Å². The third-order valence-corrected chi connectivity index (χ3v) is 3.38. The molecule has 2 N–H and O–H groups in total. The van der Waals surface area contributed by atoms with Gasteiger partial charge in [0.1, 0.15) is 11.4 Å². The Hall–Kier alpha value is -3.60. The van der Waals surface area contributed by atoms with Crippen molar-refractivity contribution in [2.24, 2.45) is 0 Å². The van der Waals surface area contributed by atoms with Gasteiger partial charge in [0.05, 0.1) is 11.6 Å². The van der Waals surface area contributed by atoms with Crippen molar-refractivity contribution in [3.8, 4) is 6.07 Å². The summed E-state index contributed by atoms with van der Waals surface area (Å²) in [5.41, 5.74) is 0.280. The van der Waals surface area contributed by atoms with Gasteiger partial charge < -0.3 is 10.6 Å². The summed E-state index contributed by atoms with van der Waals surface area (Å²) in [6.45, 7) is 0. The average Bonchev–Trinajstić information content (AvgIpc) is 2.62. The standard InChI is InChI=1S/C18H12F3N5/c19-18(20,21)15-11-23-17(25-13-6-2-1-3-7-13)26-16(15)24-14-8-4-5-12(9-14)10-22/h1-9,11H,(H2,23,24,25,26). The number of hydrogen-bond donors (Lipinski definition) is 2. The van der Waals surface area contributed by atoms with Gasteiger partial charge in [-0.3, -0.25) is 0 Å². The van der Waals surface area contributed by atoms with Crippen LogP contribution in [0.2, 0.25) is 0 Å². The third-order valence-electron chi connectivity index (χ3n) is 3.38. The largest absolute Gasteiger partial charge is 0.421 e. The Labute approximate surface area is 147 Å². The molecule has 0 bridgehead atoms. The molecule has 26 heavy (non-hydrogen) atoms. The third kappa shape index (κ3) is 4.08. The molecular weight excluding hydrogens is 343 g/mol. The Bertz CT molecular complexity index is 949. The SMILES string of the molecule is N#Cc1cccc(Nc2nc(Nc3ccccc3)ncc2C(F)(F)F)c1. The number of alkyl halides is 3. The van der Waals surface area contributed by atoms with Crippen molar-refractivity contribution in [2.75, 3.05) is 10.6 Å². The molecule has 1 aromatic heterocycles. The van der Waals surface area contributed by atoms with Crippen LogP contribution in [0.1, 0.15) is 11.1 Å². The number of halogens is 3. The highest BCUT2D eigenvalue weighted by molar-refractivity contribution is 5.64. The number of anilines is 4. The molecule has 3 aromatic rings. The van der Waals surface area contributed by atoms with Gasteiger partial charge in [0.2, 0.25) is 5.95 Å². The van der Waals surface area contributed by atoms with Gasteiger partial charge in [-0.25, -0.2) is 4.98 Å². The van der Waals surface area contributed by atoms with Gasteiger partial charge in [-0.15, -0.1) is 0 Å². The van der Waals surface area contributed by atoms with Crippen LogP contribution in [-0.2, 0) is 6.18 Å². The fourth-order valence-electron chi connectivity index (χ4n) is 2.20.